The van der Waals surface area contributed by atoms with Crippen LogP contribution in [0.15, 0.2) is 16.7 Å². The highest BCUT2D eigenvalue weighted by molar-refractivity contribution is 9.10. The lowest BCUT2D eigenvalue weighted by molar-refractivity contribution is -0.385. The lowest BCUT2D eigenvalue weighted by Gasteiger charge is -2.16. The molecule has 1 N–H and O–H groups in total. The van der Waals surface area contributed by atoms with Gasteiger partial charge in [-0.25, -0.2) is 4.98 Å². The zero-order valence-corrected chi connectivity index (χ0v) is 12.0. The third kappa shape index (κ3) is 2.87. The third-order valence-electron chi connectivity index (χ3n) is 3.66. The van der Waals surface area contributed by atoms with Gasteiger partial charge in [-0.15, -0.1) is 0 Å². The number of aromatic nitrogens is 1. The SMILES string of the molecule is O=[N+]([O-])c1cnc(NC2CCN(C3CC3)C2)c(Br)c1. The molecule has 6 nitrogen and oxygen atoms in total. The van der Waals surface area contributed by atoms with Gasteiger partial charge in [0.2, 0.25) is 0 Å². The van der Waals surface area contributed by atoms with Crippen LogP contribution in [-0.2, 0) is 0 Å². The van der Waals surface area contributed by atoms with Gasteiger partial charge in [0.15, 0.2) is 0 Å². The van der Waals surface area contributed by atoms with Crippen LogP contribution in [0.4, 0.5) is 11.5 Å². The Bertz CT molecular complexity index is 507. The summed E-state index contributed by atoms with van der Waals surface area (Å²) in [5.74, 6) is 0.688. The largest absolute Gasteiger partial charge is 0.365 e. The number of anilines is 1. The summed E-state index contributed by atoms with van der Waals surface area (Å²) >= 11 is 3.34. The maximum atomic E-state index is 10.7. The first-order chi connectivity index (χ1) is 9.13. The van der Waals surface area contributed by atoms with Gasteiger partial charge in [-0.05, 0) is 35.2 Å². The van der Waals surface area contributed by atoms with E-state index in [4.69, 9.17) is 0 Å². The molecule has 0 bridgehead atoms. The number of hydrogen-bond acceptors (Lipinski definition) is 5. The molecule has 102 valence electrons. The van der Waals surface area contributed by atoms with Crippen LogP contribution >= 0.6 is 15.9 Å². The number of nitrogens with zero attached hydrogens (tertiary/aromatic N) is 3. The second-order valence-electron chi connectivity index (χ2n) is 5.14. The number of pyridine rings is 1. The van der Waals surface area contributed by atoms with Gasteiger partial charge in [0.05, 0.1) is 9.40 Å². The monoisotopic (exact) mass is 326 g/mol. The third-order valence-corrected chi connectivity index (χ3v) is 4.27. The van der Waals surface area contributed by atoms with Crippen molar-refractivity contribution in [3.63, 3.8) is 0 Å². The molecule has 1 aliphatic heterocycles. The van der Waals surface area contributed by atoms with Crippen molar-refractivity contribution >= 4 is 27.4 Å². The first kappa shape index (κ1) is 12.8. The Balaban J connectivity index is 1.65. The van der Waals surface area contributed by atoms with Crippen LogP contribution in [-0.4, -0.2) is 40.0 Å². The molecule has 1 atom stereocenters. The normalized spacial score (nSPS) is 23.5. The summed E-state index contributed by atoms with van der Waals surface area (Å²) in [5, 5.41) is 14.0. The van der Waals surface area contributed by atoms with Crippen molar-refractivity contribution in [3.05, 3.63) is 26.9 Å². The summed E-state index contributed by atoms with van der Waals surface area (Å²) in [5.41, 5.74) is 0.00320. The maximum Gasteiger partial charge on any atom is 0.288 e. The zero-order valence-electron chi connectivity index (χ0n) is 10.4. The number of likely N-dealkylation sites (tertiary alicyclic amines) is 1. The number of hydrogen-bond donors (Lipinski definition) is 1. The van der Waals surface area contributed by atoms with E-state index >= 15 is 0 Å². The molecule has 19 heavy (non-hydrogen) atoms. The number of nitrogens with one attached hydrogen (secondary N) is 1. The molecule has 0 aromatic carbocycles. The Labute approximate surface area is 119 Å². The Morgan fingerprint density at radius 1 is 1.47 bits per heavy atom. The van der Waals surface area contributed by atoms with E-state index in [1.165, 1.54) is 25.1 Å². The summed E-state index contributed by atoms with van der Waals surface area (Å²) in [6.07, 6.45) is 5.04. The Morgan fingerprint density at radius 2 is 2.26 bits per heavy atom. The fourth-order valence-electron chi connectivity index (χ4n) is 2.50. The lowest BCUT2D eigenvalue weighted by Crippen LogP contribution is -2.28. The smallest absolute Gasteiger partial charge is 0.288 e. The minimum atomic E-state index is -0.439. The summed E-state index contributed by atoms with van der Waals surface area (Å²) in [7, 11) is 0. The predicted molar refractivity (Wildman–Crippen MR) is 75.2 cm³/mol. The molecular weight excluding hydrogens is 312 g/mol. The van der Waals surface area contributed by atoms with Crippen LogP contribution in [0.2, 0.25) is 0 Å². The molecule has 3 rings (SSSR count). The van der Waals surface area contributed by atoms with E-state index in [1.54, 1.807) is 0 Å². The average molecular weight is 327 g/mol. The highest BCUT2D eigenvalue weighted by Gasteiger charge is 2.34. The molecule has 1 aliphatic carbocycles. The minimum Gasteiger partial charge on any atom is -0.365 e. The Kier molecular flexibility index (Phi) is 3.40. The number of nitro groups is 1. The van der Waals surface area contributed by atoms with Crippen LogP contribution in [0, 0.1) is 10.1 Å². The number of rotatable bonds is 4. The van der Waals surface area contributed by atoms with E-state index in [-0.39, 0.29) is 5.69 Å². The van der Waals surface area contributed by atoms with Gasteiger partial charge in [0.1, 0.15) is 12.0 Å². The summed E-state index contributed by atoms with van der Waals surface area (Å²) in [6.45, 7) is 2.17. The van der Waals surface area contributed by atoms with E-state index in [2.05, 4.69) is 31.1 Å². The summed E-state index contributed by atoms with van der Waals surface area (Å²) < 4.78 is 0.645. The predicted octanol–water partition coefficient (Wildman–Crippen LogP) is 2.40. The van der Waals surface area contributed by atoms with Gasteiger partial charge in [0.25, 0.3) is 5.69 Å². The molecule has 1 saturated heterocycles. The van der Waals surface area contributed by atoms with E-state index < -0.39 is 4.92 Å². The lowest BCUT2D eigenvalue weighted by atomic mass is 10.2. The van der Waals surface area contributed by atoms with Crippen LogP contribution < -0.4 is 5.32 Å². The van der Waals surface area contributed by atoms with Gasteiger partial charge in [-0.2, -0.15) is 0 Å². The van der Waals surface area contributed by atoms with Crippen molar-refractivity contribution in [1.29, 1.82) is 0 Å². The second-order valence-corrected chi connectivity index (χ2v) is 5.99. The molecule has 0 amide bonds. The summed E-state index contributed by atoms with van der Waals surface area (Å²) in [4.78, 5) is 16.9. The Morgan fingerprint density at radius 3 is 2.89 bits per heavy atom. The van der Waals surface area contributed by atoms with Crippen molar-refractivity contribution in [1.82, 2.24) is 9.88 Å². The van der Waals surface area contributed by atoms with Gasteiger partial charge in [0, 0.05) is 31.2 Å². The standard InChI is InChI=1S/C12H15BrN4O2/c13-11-5-10(17(18)19)6-14-12(11)15-8-3-4-16(7-8)9-1-2-9/h5-6,8-9H,1-4,7H2,(H,14,15). The molecule has 1 aromatic rings. The van der Waals surface area contributed by atoms with Gasteiger partial charge < -0.3 is 5.32 Å². The molecule has 2 aliphatic rings. The fourth-order valence-corrected chi connectivity index (χ4v) is 2.96. The number of halogens is 1. The zero-order chi connectivity index (χ0) is 13.4. The van der Waals surface area contributed by atoms with Gasteiger partial charge >= 0.3 is 0 Å². The molecule has 2 fully saturated rings. The van der Waals surface area contributed by atoms with Crippen LogP contribution in [0.3, 0.4) is 0 Å². The first-order valence-electron chi connectivity index (χ1n) is 6.44. The molecule has 1 unspecified atom stereocenters. The van der Waals surface area contributed by atoms with Crippen molar-refractivity contribution < 1.29 is 4.92 Å². The van der Waals surface area contributed by atoms with Gasteiger partial charge in [-0.3, -0.25) is 15.0 Å². The molecule has 1 saturated carbocycles. The van der Waals surface area contributed by atoms with Crippen LogP contribution in [0.1, 0.15) is 19.3 Å². The quantitative estimate of drug-likeness (QED) is 0.679. The highest BCUT2D eigenvalue weighted by atomic mass is 79.9. The van der Waals surface area contributed by atoms with Gasteiger partial charge in [-0.1, -0.05) is 0 Å². The van der Waals surface area contributed by atoms with E-state index in [0.717, 1.165) is 25.6 Å². The highest BCUT2D eigenvalue weighted by Crippen LogP contribution is 2.31. The topological polar surface area (TPSA) is 71.3 Å². The van der Waals surface area contributed by atoms with E-state index in [0.29, 0.717) is 16.3 Å². The van der Waals surface area contributed by atoms with Crippen LogP contribution in [0.5, 0.6) is 0 Å². The van der Waals surface area contributed by atoms with E-state index in [9.17, 15) is 10.1 Å². The van der Waals surface area contributed by atoms with E-state index in [1.807, 2.05) is 0 Å². The average Bonchev–Trinajstić information content (AvgIpc) is 3.12. The second kappa shape index (κ2) is 5.05. The summed E-state index contributed by atoms with van der Waals surface area (Å²) in [6, 6.07) is 2.66. The van der Waals surface area contributed by atoms with Crippen molar-refractivity contribution in [2.45, 2.75) is 31.3 Å². The maximum absolute atomic E-state index is 10.7. The molecule has 0 spiro atoms. The molecule has 1 aromatic heterocycles. The van der Waals surface area contributed by atoms with Crippen LogP contribution in [0.25, 0.3) is 0 Å². The van der Waals surface area contributed by atoms with Crippen molar-refractivity contribution in [2.24, 2.45) is 0 Å². The molecule has 7 heteroatoms. The fraction of sp³-hybridized carbons (Fsp3) is 0.583. The first-order valence-corrected chi connectivity index (χ1v) is 7.23. The molecule has 0 radical (unpaired) electrons. The molecular formula is C12H15BrN4O2. The molecule has 2 heterocycles. The Hall–Kier alpha value is -1.21. The van der Waals surface area contributed by atoms with Crippen molar-refractivity contribution in [3.8, 4) is 0 Å². The minimum absolute atomic E-state index is 0.00320. The van der Waals surface area contributed by atoms with Crippen molar-refractivity contribution in [2.75, 3.05) is 18.4 Å².